The van der Waals surface area contributed by atoms with Crippen LogP contribution in [0, 0.1) is 6.92 Å². The Labute approximate surface area is 156 Å². The van der Waals surface area contributed by atoms with Crippen LogP contribution in [-0.4, -0.2) is 38.7 Å². The number of furan rings is 1. The first-order valence-corrected chi connectivity index (χ1v) is 8.29. The summed E-state index contributed by atoms with van der Waals surface area (Å²) in [7, 11) is 1.65. The normalized spacial score (nSPS) is 11.7. The highest BCUT2D eigenvalue weighted by Gasteiger charge is 2.19. The third kappa shape index (κ3) is 3.97. The van der Waals surface area contributed by atoms with Gasteiger partial charge in [0.25, 0.3) is 5.91 Å². The lowest BCUT2D eigenvalue weighted by Gasteiger charge is -2.25. The van der Waals surface area contributed by atoms with Gasteiger partial charge in [0.15, 0.2) is 0 Å². The van der Waals surface area contributed by atoms with Gasteiger partial charge in [0.1, 0.15) is 18.4 Å². The van der Waals surface area contributed by atoms with Crippen molar-refractivity contribution in [2.45, 2.75) is 19.9 Å². The highest BCUT2D eigenvalue weighted by atomic mass is 16.3. The molecule has 3 amide bonds. The van der Waals surface area contributed by atoms with Gasteiger partial charge in [0, 0.05) is 7.05 Å². The van der Waals surface area contributed by atoms with Gasteiger partial charge in [-0.2, -0.15) is 5.10 Å². The Morgan fingerprint density at radius 2 is 1.93 bits per heavy atom. The number of hydrogen-bond donors (Lipinski definition) is 2. The largest absolute Gasteiger partial charge is 0.469 e. The summed E-state index contributed by atoms with van der Waals surface area (Å²) in [4.78, 5) is 29.8. The molecule has 1 unspecified atom stereocenters. The molecule has 0 fully saturated rings. The molecule has 0 saturated heterocycles. The quantitative estimate of drug-likeness (QED) is 0.687. The first-order chi connectivity index (χ1) is 13.0. The molecular weight excluding hydrogens is 348 g/mol. The van der Waals surface area contributed by atoms with Crippen molar-refractivity contribution in [3.8, 4) is 5.69 Å². The average molecular weight is 368 g/mol. The lowest BCUT2D eigenvalue weighted by Crippen LogP contribution is -2.48. The minimum atomic E-state index is -0.437. The summed E-state index contributed by atoms with van der Waals surface area (Å²) >= 11 is 0. The molecule has 0 aliphatic heterocycles. The van der Waals surface area contributed by atoms with E-state index >= 15 is 0 Å². The SMILES string of the molecule is Cc1occc1C(=O)NNC(=O)N(C)C(C)c1ccc(-n2cncn2)cc1. The number of nitrogens with one attached hydrogen (secondary N) is 2. The molecule has 0 radical (unpaired) electrons. The second-order valence-electron chi connectivity index (χ2n) is 5.99. The van der Waals surface area contributed by atoms with Crippen LogP contribution in [0.1, 0.15) is 34.6 Å². The second kappa shape index (κ2) is 7.73. The van der Waals surface area contributed by atoms with Crippen LogP contribution in [0.5, 0.6) is 0 Å². The first-order valence-electron chi connectivity index (χ1n) is 8.29. The number of benzene rings is 1. The van der Waals surface area contributed by atoms with Crippen LogP contribution < -0.4 is 10.9 Å². The van der Waals surface area contributed by atoms with E-state index in [0.29, 0.717) is 11.3 Å². The third-order valence-corrected chi connectivity index (χ3v) is 4.35. The number of amides is 3. The van der Waals surface area contributed by atoms with E-state index in [2.05, 4.69) is 20.9 Å². The second-order valence-corrected chi connectivity index (χ2v) is 5.99. The molecule has 0 bridgehead atoms. The van der Waals surface area contributed by atoms with Gasteiger partial charge in [-0.15, -0.1) is 0 Å². The van der Waals surface area contributed by atoms with Gasteiger partial charge in [-0.25, -0.2) is 19.9 Å². The zero-order chi connectivity index (χ0) is 19.4. The number of rotatable bonds is 4. The molecule has 2 aromatic heterocycles. The Kier molecular flexibility index (Phi) is 5.20. The van der Waals surface area contributed by atoms with E-state index < -0.39 is 11.9 Å². The molecular formula is C18H20N6O3. The lowest BCUT2D eigenvalue weighted by molar-refractivity contribution is 0.0927. The van der Waals surface area contributed by atoms with E-state index in [-0.39, 0.29) is 6.04 Å². The zero-order valence-electron chi connectivity index (χ0n) is 15.2. The van der Waals surface area contributed by atoms with Gasteiger partial charge in [0.2, 0.25) is 0 Å². The maximum atomic E-state index is 12.3. The molecule has 0 aliphatic carbocycles. The Hall–Kier alpha value is -3.62. The van der Waals surface area contributed by atoms with Gasteiger partial charge >= 0.3 is 6.03 Å². The van der Waals surface area contributed by atoms with Crippen LogP contribution in [-0.2, 0) is 0 Å². The molecule has 9 heteroatoms. The van der Waals surface area contributed by atoms with Gasteiger partial charge in [0.05, 0.1) is 23.6 Å². The number of aromatic nitrogens is 3. The Morgan fingerprint density at radius 1 is 1.19 bits per heavy atom. The van der Waals surface area contributed by atoms with Gasteiger partial charge < -0.3 is 9.32 Å². The molecule has 9 nitrogen and oxygen atoms in total. The van der Waals surface area contributed by atoms with Crippen molar-refractivity contribution in [3.05, 3.63) is 66.1 Å². The standard InChI is InChI=1S/C18H20N6O3/c1-12(14-4-6-15(7-5-14)24-11-19-10-20-24)23(3)18(26)22-21-17(25)16-8-9-27-13(16)2/h4-12H,1-3H3,(H,21,25)(H,22,26). The molecule has 1 atom stereocenters. The predicted molar refractivity (Wildman–Crippen MR) is 97.0 cm³/mol. The molecule has 27 heavy (non-hydrogen) atoms. The predicted octanol–water partition coefficient (Wildman–Crippen LogP) is 2.22. The Balaban J connectivity index is 1.59. The minimum Gasteiger partial charge on any atom is -0.469 e. The maximum Gasteiger partial charge on any atom is 0.336 e. The molecule has 3 rings (SSSR count). The number of carbonyl (C=O) groups excluding carboxylic acids is 2. The summed E-state index contributed by atoms with van der Waals surface area (Å²) in [5.41, 5.74) is 6.97. The summed E-state index contributed by atoms with van der Waals surface area (Å²) in [6, 6.07) is 8.53. The smallest absolute Gasteiger partial charge is 0.336 e. The molecule has 2 heterocycles. The summed E-state index contributed by atoms with van der Waals surface area (Å²) < 4.78 is 6.73. The van der Waals surface area contributed by atoms with E-state index in [1.807, 2.05) is 31.2 Å². The zero-order valence-corrected chi connectivity index (χ0v) is 15.2. The van der Waals surface area contributed by atoms with Crippen molar-refractivity contribution in [3.63, 3.8) is 0 Å². The number of aryl methyl sites for hydroxylation is 1. The maximum absolute atomic E-state index is 12.3. The summed E-state index contributed by atoms with van der Waals surface area (Å²) in [6.45, 7) is 3.57. The molecule has 0 spiro atoms. The fraction of sp³-hybridized carbons (Fsp3) is 0.222. The number of hydrogen-bond acceptors (Lipinski definition) is 5. The van der Waals surface area contributed by atoms with Gasteiger partial charge in [-0.3, -0.25) is 10.2 Å². The van der Waals surface area contributed by atoms with Crippen molar-refractivity contribution in [1.82, 2.24) is 30.5 Å². The van der Waals surface area contributed by atoms with E-state index in [1.165, 1.54) is 17.5 Å². The van der Waals surface area contributed by atoms with Crippen molar-refractivity contribution in [2.75, 3.05) is 7.05 Å². The molecule has 2 N–H and O–H groups in total. The Morgan fingerprint density at radius 3 is 2.52 bits per heavy atom. The first kappa shape index (κ1) is 18.2. The topological polar surface area (TPSA) is 105 Å². The van der Waals surface area contributed by atoms with Crippen LogP contribution in [0.15, 0.2) is 53.7 Å². The van der Waals surface area contributed by atoms with E-state index in [9.17, 15) is 9.59 Å². The third-order valence-electron chi connectivity index (χ3n) is 4.35. The molecule has 0 saturated carbocycles. The van der Waals surface area contributed by atoms with Crippen LogP contribution >= 0.6 is 0 Å². The summed E-state index contributed by atoms with van der Waals surface area (Å²) in [5, 5.41) is 4.08. The lowest BCUT2D eigenvalue weighted by atomic mass is 10.1. The van der Waals surface area contributed by atoms with E-state index in [0.717, 1.165) is 11.3 Å². The summed E-state index contributed by atoms with van der Waals surface area (Å²) in [6.07, 6.45) is 4.50. The van der Waals surface area contributed by atoms with Crippen LogP contribution in [0.2, 0.25) is 0 Å². The fourth-order valence-corrected chi connectivity index (χ4v) is 2.53. The number of carbonyl (C=O) groups is 2. The molecule has 1 aromatic carbocycles. The Bertz CT molecular complexity index is 917. The van der Waals surface area contributed by atoms with Crippen molar-refractivity contribution < 1.29 is 14.0 Å². The average Bonchev–Trinajstić information content (AvgIpc) is 3.36. The van der Waals surface area contributed by atoms with Crippen LogP contribution in [0.25, 0.3) is 5.69 Å². The van der Waals surface area contributed by atoms with Gasteiger partial charge in [-0.1, -0.05) is 12.1 Å². The minimum absolute atomic E-state index is 0.206. The highest BCUT2D eigenvalue weighted by molar-refractivity contribution is 5.96. The van der Waals surface area contributed by atoms with Crippen LogP contribution in [0.3, 0.4) is 0 Å². The molecule has 3 aromatic rings. The highest BCUT2D eigenvalue weighted by Crippen LogP contribution is 2.20. The van der Waals surface area contributed by atoms with Crippen molar-refractivity contribution >= 4 is 11.9 Å². The van der Waals surface area contributed by atoms with E-state index in [4.69, 9.17) is 4.42 Å². The molecule has 0 aliphatic rings. The van der Waals surface area contributed by atoms with Crippen molar-refractivity contribution in [1.29, 1.82) is 0 Å². The van der Waals surface area contributed by atoms with Gasteiger partial charge in [-0.05, 0) is 37.6 Å². The number of nitrogens with zero attached hydrogens (tertiary/aromatic N) is 4. The number of urea groups is 1. The number of hydrazine groups is 1. The van der Waals surface area contributed by atoms with Crippen molar-refractivity contribution in [2.24, 2.45) is 0 Å². The molecule has 140 valence electrons. The van der Waals surface area contributed by atoms with Crippen LogP contribution in [0.4, 0.5) is 4.79 Å². The van der Waals surface area contributed by atoms with E-state index in [1.54, 1.807) is 31.0 Å². The monoisotopic (exact) mass is 368 g/mol. The fourth-order valence-electron chi connectivity index (χ4n) is 2.53. The summed E-state index contributed by atoms with van der Waals surface area (Å²) in [5.74, 6) is 0.0452.